The monoisotopic (exact) mass is 543 g/mol. The molecule has 1 aliphatic rings. The number of rotatable bonds is 5. The molecule has 4 rings (SSSR count). The zero-order chi connectivity index (χ0) is 25.2. The molecular weight excluding hydrogens is 510 g/mol. The van der Waals surface area contributed by atoms with Crippen LogP contribution in [0.15, 0.2) is 28.7 Å². The number of H-pyrrole nitrogens is 1. The summed E-state index contributed by atoms with van der Waals surface area (Å²) in [6, 6.07) is 7.99. The van der Waals surface area contributed by atoms with E-state index in [2.05, 4.69) is 49.0 Å². The zero-order valence-electron chi connectivity index (χ0n) is 20.9. The average Bonchev–Trinajstić information content (AvgIpc) is 3.06. The largest absolute Gasteiger partial charge is 0.444 e. The predicted octanol–water partition coefficient (Wildman–Crippen LogP) is 6.05. The lowest BCUT2D eigenvalue weighted by atomic mass is 10.0. The van der Waals surface area contributed by atoms with Crippen molar-refractivity contribution in [2.75, 3.05) is 10.6 Å². The van der Waals surface area contributed by atoms with Crippen molar-refractivity contribution in [3.63, 3.8) is 0 Å². The number of benzene rings is 1. The van der Waals surface area contributed by atoms with Gasteiger partial charge in [0, 0.05) is 33.7 Å². The molecule has 35 heavy (non-hydrogen) atoms. The Balaban J connectivity index is 1.56. The SMILES string of the molecule is Cc1cc(Nc2nc(N[C@H]3C[C@@H](C)CC[C@@H](NC(=O)OC(C)(C)C)C3)nc3cc(Br)ccc23)n[nH]1. The Hall–Kier alpha value is -2.88. The molecule has 0 bridgehead atoms. The lowest BCUT2D eigenvalue weighted by molar-refractivity contribution is 0.0499. The van der Waals surface area contributed by atoms with Gasteiger partial charge in [-0.05, 0) is 77.5 Å². The van der Waals surface area contributed by atoms with Gasteiger partial charge >= 0.3 is 6.09 Å². The normalized spacial score (nSPS) is 20.8. The van der Waals surface area contributed by atoms with E-state index in [0.29, 0.717) is 23.5 Å². The van der Waals surface area contributed by atoms with Gasteiger partial charge in [-0.25, -0.2) is 9.78 Å². The number of hydrogen-bond donors (Lipinski definition) is 4. The Morgan fingerprint density at radius 3 is 2.66 bits per heavy atom. The van der Waals surface area contributed by atoms with Gasteiger partial charge in [0.05, 0.1) is 5.52 Å². The summed E-state index contributed by atoms with van der Waals surface area (Å²) in [5.41, 5.74) is 1.25. The van der Waals surface area contributed by atoms with Crippen LogP contribution in [0.25, 0.3) is 10.9 Å². The number of halogens is 1. The lowest BCUT2D eigenvalue weighted by Gasteiger charge is -2.25. The Morgan fingerprint density at radius 2 is 1.94 bits per heavy atom. The van der Waals surface area contributed by atoms with E-state index in [1.54, 1.807) is 0 Å². The molecule has 1 aliphatic carbocycles. The maximum atomic E-state index is 12.4. The fourth-order valence-corrected chi connectivity index (χ4v) is 4.77. The molecule has 3 aromatic rings. The van der Waals surface area contributed by atoms with Gasteiger partial charge in [0.1, 0.15) is 11.4 Å². The van der Waals surface area contributed by atoms with Crippen LogP contribution in [-0.2, 0) is 4.74 Å². The molecule has 0 aliphatic heterocycles. The number of hydrogen-bond acceptors (Lipinski definition) is 7. The quantitative estimate of drug-likeness (QED) is 0.289. The van der Waals surface area contributed by atoms with Crippen LogP contribution in [0.3, 0.4) is 0 Å². The molecule has 1 fully saturated rings. The van der Waals surface area contributed by atoms with Crippen molar-refractivity contribution >= 4 is 50.5 Å². The van der Waals surface area contributed by atoms with Crippen molar-refractivity contribution in [3.8, 4) is 0 Å². The van der Waals surface area contributed by atoms with Crippen molar-refractivity contribution in [1.82, 2.24) is 25.5 Å². The van der Waals surface area contributed by atoms with Gasteiger partial charge in [-0.2, -0.15) is 10.1 Å². The fourth-order valence-electron chi connectivity index (χ4n) is 4.42. The number of carbonyl (C=O) groups is 1. The second kappa shape index (κ2) is 10.4. The number of ether oxygens (including phenoxy) is 1. The summed E-state index contributed by atoms with van der Waals surface area (Å²) in [6.45, 7) is 9.82. The molecule has 0 saturated heterocycles. The number of aryl methyl sites for hydroxylation is 1. The third-order valence-electron chi connectivity index (χ3n) is 5.93. The maximum absolute atomic E-state index is 12.4. The Morgan fingerprint density at radius 1 is 1.14 bits per heavy atom. The second-order valence-corrected chi connectivity index (χ2v) is 11.4. The molecule has 1 saturated carbocycles. The van der Waals surface area contributed by atoms with E-state index in [-0.39, 0.29) is 18.2 Å². The Bertz CT molecular complexity index is 1190. The molecular formula is C25H34BrN7O2. The molecule has 3 atom stereocenters. The smallest absolute Gasteiger partial charge is 0.407 e. The van der Waals surface area contributed by atoms with Gasteiger partial charge in [0.2, 0.25) is 5.95 Å². The number of nitrogens with zero attached hydrogens (tertiary/aromatic N) is 3. The Kier molecular flexibility index (Phi) is 7.49. The molecule has 4 N–H and O–H groups in total. The van der Waals surface area contributed by atoms with Crippen LogP contribution in [0.2, 0.25) is 0 Å². The highest BCUT2D eigenvalue weighted by Crippen LogP contribution is 2.30. The first-order valence-corrected chi connectivity index (χ1v) is 12.9. The van der Waals surface area contributed by atoms with Crippen LogP contribution in [0.5, 0.6) is 0 Å². The minimum absolute atomic E-state index is 0.0199. The summed E-state index contributed by atoms with van der Waals surface area (Å²) in [5.74, 6) is 2.43. The van der Waals surface area contributed by atoms with Crippen molar-refractivity contribution in [3.05, 3.63) is 34.4 Å². The van der Waals surface area contributed by atoms with Crippen molar-refractivity contribution < 1.29 is 9.53 Å². The van der Waals surface area contributed by atoms with Gasteiger partial charge in [-0.3, -0.25) is 5.10 Å². The molecule has 0 spiro atoms. The van der Waals surface area contributed by atoms with Crippen LogP contribution in [0, 0.1) is 12.8 Å². The number of nitrogens with one attached hydrogen (secondary N) is 4. The van der Waals surface area contributed by atoms with Crippen LogP contribution in [-0.4, -0.2) is 43.9 Å². The molecule has 0 radical (unpaired) electrons. The van der Waals surface area contributed by atoms with Gasteiger partial charge in [-0.1, -0.05) is 22.9 Å². The standard InChI is InChI=1S/C25H34BrN7O2/c1-14-6-8-17(28-24(34)35-25(3,4)5)13-18(10-14)27-23-29-20-12-16(26)7-9-19(20)22(31-23)30-21-11-15(2)32-33-21/h7,9,11-12,14,17-18H,6,8,10,13H2,1-5H3,(H,28,34)(H3,27,29,30,31,32,33)/t14-,17+,18-/m0/s1. The summed E-state index contributed by atoms with van der Waals surface area (Å²) in [5, 5.41) is 18.1. The number of amides is 1. The van der Waals surface area contributed by atoms with E-state index in [1.807, 2.05) is 52.0 Å². The van der Waals surface area contributed by atoms with Crippen LogP contribution < -0.4 is 16.0 Å². The number of aromatic amines is 1. The Labute approximate surface area is 214 Å². The zero-order valence-corrected chi connectivity index (χ0v) is 22.5. The van der Waals surface area contributed by atoms with Gasteiger partial charge in [0.25, 0.3) is 0 Å². The minimum atomic E-state index is -0.525. The molecule has 9 nitrogen and oxygen atoms in total. The molecule has 2 aromatic heterocycles. The van der Waals surface area contributed by atoms with E-state index in [0.717, 1.165) is 46.8 Å². The van der Waals surface area contributed by atoms with E-state index in [4.69, 9.17) is 14.7 Å². The number of aromatic nitrogens is 4. The van der Waals surface area contributed by atoms with E-state index < -0.39 is 5.60 Å². The van der Waals surface area contributed by atoms with Gasteiger partial charge < -0.3 is 20.7 Å². The first-order chi connectivity index (χ1) is 16.5. The van der Waals surface area contributed by atoms with Gasteiger partial charge in [0.15, 0.2) is 5.82 Å². The first kappa shape index (κ1) is 25.2. The summed E-state index contributed by atoms with van der Waals surface area (Å²) in [6.07, 6.45) is 3.31. The number of fused-ring (bicyclic) bond motifs is 1. The van der Waals surface area contributed by atoms with Crippen LogP contribution >= 0.6 is 15.9 Å². The highest BCUT2D eigenvalue weighted by molar-refractivity contribution is 9.10. The topological polar surface area (TPSA) is 117 Å². The summed E-state index contributed by atoms with van der Waals surface area (Å²) in [7, 11) is 0. The molecule has 1 amide bonds. The molecule has 1 aromatic carbocycles. The second-order valence-electron chi connectivity index (χ2n) is 10.5. The van der Waals surface area contributed by atoms with Crippen LogP contribution in [0.1, 0.15) is 59.1 Å². The highest BCUT2D eigenvalue weighted by Gasteiger charge is 2.27. The first-order valence-electron chi connectivity index (χ1n) is 12.1. The summed E-state index contributed by atoms with van der Waals surface area (Å²) in [4.78, 5) is 22.0. The van der Waals surface area contributed by atoms with Crippen molar-refractivity contribution in [1.29, 1.82) is 0 Å². The number of alkyl carbamates (subject to hydrolysis) is 1. The molecule has 188 valence electrons. The molecule has 2 heterocycles. The minimum Gasteiger partial charge on any atom is -0.444 e. The number of carbonyl (C=O) groups excluding carboxylic acids is 1. The highest BCUT2D eigenvalue weighted by atomic mass is 79.9. The third-order valence-corrected chi connectivity index (χ3v) is 6.42. The fraction of sp³-hybridized carbons (Fsp3) is 0.520. The van der Waals surface area contributed by atoms with E-state index >= 15 is 0 Å². The third kappa shape index (κ3) is 7.06. The molecule has 10 heteroatoms. The lowest BCUT2D eigenvalue weighted by Crippen LogP contribution is -2.41. The van der Waals surface area contributed by atoms with Gasteiger partial charge in [-0.15, -0.1) is 0 Å². The predicted molar refractivity (Wildman–Crippen MR) is 142 cm³/mol. The summed E-state index contributed by atoms with van der Waals surface area (Å²) >= 11 is 3.55. The molecule has 0 unspecified atom stereocenters. The van der Waals surface area contributed by atoms with E-state index in [9.17, 15) is 4.79 Å². The van der Waals surface area contributed by atoms with Crippen molar-refractivity contribution in [2.45, 2.75) is 78.0 Å². The maximum Gasteiger partial charge on any atom is 0.407 e. The van der Waals surface area contributed by atoms with Crippen molar-refractivity contribution in [2.24, 2.45) is 5.92 Å². The number of anilines is 3. The average molecular weight is 544 g/mol. The van der Waals surface area contributed by atoms with Crippen LogP contribution in [0.4, 0.5) is 22.4 Å². The summed E-state index contributed by atoms with van der Waals surface area (Å²) < 4.78 is 6.42. The van der Waals surface area contributed by atoms with E-state index in [1.165, 1.54) is 0 Å².